The average molecular weight is 305 g/mol. The van der Waals surface area contributed by atoms with Crippen LogP contribution in [0.15, 0.2) is 54.6 Å². The van der Waals surface area contributed by atoms with Gasteiger partial charge >= 0.3 is 0 Å². The maximum Gasteiger partial charge on any atom is 0.161 e. The molecule has 0 saturated carbocycles. The van der Waals surface area contributed by atoms with E-state index in [1.165, 1.54) is 5.56 Å². The van der Waals surface area contributed by atoms with Crippen molar-refractivity contribution in [1.29, 1.82) is 0 Å². The summed E-state index contributed by atoms with van der Waals surface area (Å²) in [5.74, 6) is 2.50. The first-order chi connectivity index (χ1) is 10.3. The van der Waals surface area contributed by atoms with E-state index in [9.17, 15) is 0 Å². The minimum absolute atomic E-state index is 0.312. The monoisotopic (exact) mass is 304 g/mol. The topological polar surface area (TPSA) is 18.5 Å². The summed E-state index contributed by atoms with van der Waals surface area (Å²) in [6.07, 6.45) is 0.883. The molecule has 2 aromatic rings. The molecule has 0 spiro atoms. The molecule has 3 heteroatoms. The predicted molar refractivity (Wildman–Crippen MR) is 87.6 cm³/mol. The van der Waals surface area contributed by atoms with E-state index in [1.54, 1.807) is 0 Å². The molecule has 112 valence electrons. The standard InChI is InChI=1S/C18H21ClO2/c1-2-20-17-10-6-7-11-18(17)21-13-12-16(14-19)15-8-4-3-5-9-15/h3-11,16H,2,12-14H2,1H3. The third-order valence-corrected chi connectivity index (χ3v) is 3.70. The molecule has 2 nitrogen and oxygen atoms in total. The number of benzene rings is 2. The summed E-state index contributed by atoms with van der Waals surface area (Å²) in [7, 11) is 0. The molecule has 21 heavy (non-hydrogen) atoms. The van der Waals surface area contributed by atoms with Gasteiger partial charge in [0.25, 0.3) is 0 Å². The average Bonchev–Trinajstić information content (AvgIpc) is 2.54. The second kappa shape index (κ2) is 8.58. The Hall–Kier alpha value is -1.67. The molecule has 2 rings (SSSR count). The quantitative estimate of drug-likeness (QED) is 0.647. The molecule has 1 unspecified atom stereocenters. The largest absolute Gasteiger partial charge is 0.490 e. The van der Waals surface area contributed by atoms with Gasteiger partial charge in [-0.25, -0.2) is 0 Å². The summed E-state index contributed by atoms with van der Waals surface area (Å²) in [6, 6.07) is 18.1. The van der Waals surface area contributed by atoms with E-state index in [-0.39, 0.29) is 0 Å². The van der Waals surface area contributed by atoms with E-state index >= 15 is 0 Å². The van der Waals surface area contributed by atoms with Crippen molar-refractivity contribution < 1.29 is 9.47 Å². The lowest BCUT2D eigenvalue weighted by Gasteiger charge is -2.16. The Morgan fingerprint density at radius 1 is 0.905 bits per heavy atom. The highest BCUT2D eigenvalue weighted by Gasteiger charge is 2.11. The van der Waals surface area contributed by atoms with Crippen LogP contribution in [-0.4, -0.2) is 19.1 Å². The third-order valence-electron chi connectivity index (χ3n) is 3.33. The number of rotatable bonds is 8. The van der Waals surface area contributed by atoms with Crippen LogP contribution >= 0.6 is 11.6 Å². The van der Waals surface area contributed by atoms with Crippen LogP contribution in [0.1, 0.15) is 24.8 Å². The van der Waals surface area contributed by atoms with E-state index in [1.807, 2.05) is 49.4 Å². The molecule has 0 bridgehead atoms. The van der Waals surface area contributed by atoms with E-state index in [0.29, 0.717) is 25.0 Å². The van der Waals surface area contributed by atoms with Crippen LogP contribution in [0.4, 0.5) is 0 Å². The minimum Gasteiger partial charge on any atom is -0.490 e. The molecule has 0 aliphatic rings. The van der Waals surface area contributed by atoms with Crippen molar-refractivity contribution in [2.24, 2.45) is 0 Å². The molecule has 0 aliphatic heterocycles. The SMILES string of the molecule is CCOc1ccccc1OCCC(CCl)c1ccccc1. The maximum absolute atomic E-state index is 6.08. The molecule has 0 saturated heterocycles. The Balaban J connectivity index is 1.91. The van der Waals surface area contributed by atoms with Crippen LogP contribution in [0.3, 0.4) is 0 Å². The minimum atomic E-state index is 0.312. The van der Waals surface area contributed by atoms with Crippen LogP contribution in [-0.2, 0) is 0 Å². The van der Waals surface area contributed by atoms with Crippen molar-refractivity contribution >= 4 is 11.6 Å². The van der Waals surface area contributed by atoms with Gasteiger partial charge in [-0.1, -0.05) is 42.5 Å². The summed E-state index contributed by atoms with van der Waals surface area (Å²) in [5, 5.41) is 0. The van der Waals surface area contributed by atoms with E-state index in [2.05, 4.69) is 12.1 Å². The fourth-order valence-electron chi connectivity index (χ4n) is 2.21. The summed E-state index contributed by atoms with van der Waals surface area (Å²) in [6.45, 7) is 3.22. The molecule has 0 radical (unpaired) electrons. The summed E-state index contributed by atoms with van der Waals surface area (Å²) < 4.78 is 11.4. The third kappa shape index (κ3) is 4.68. The fourth-order valence-corrected chi connectivity index (χ4v) is 2.55. The van der Waals surface area contributed by atoms with Crippen LogP contribution in [0, 0.1) is 0 Å². The summed E-state index contributed by atoms with van der Waals surface area (Å²) in [5.41, 5.74) is 1.26. The lowest BCUT2D eigenvalue weighted by atomic mass is 9.98. The lowest BCUT2D eigenvalue weighted by molar-refractivity contribution is 0.268. The highest BCUT2D eigenvalue weighted by Crippen LogP contribution is 2.28. The zero-order valence-electron chi connectivity index (χ0n) is 12.3. The van der Waals surface area contributed by atoms with Crippen LogP contribution in [0.5, 0.6) is 11.5 Å². The van der Waals surface area contributed by atoms with Gasteiger partial charge in [-0.2, -0.15) is 0 Å². The number of alkyl halides is 1. The zero-order valence-corrected chi connectivity index (χ0v) is 13.1. The van der Waals surface area contributed by atoms with Gasteiger partial charge in [0.15, 0.2) is 11.5 Å². The Kier molecular flexibility index (Phi) is 6.42. The van der Waals surface area contributed by atoms with Crippen molar-refractivity contribution in [1.82, 2.24) is 0 Å². The van der Waals surface area contributed by atoms with Crippen molar-refractivity contribution in [2.75, 3.05) is 19.1 Å². The molecule has 0 aromatic heterocycles. The Labute approximate surface area is 131 Å². The van der Waals surface area contributed by atoms with Crippen molar-refractivity contribution in [3.63, 3.8) is 0 Å². The van der Waals surface area contributed by atoms with Crippen molar-refractivity contribution in [2.45, 2.75) is 19.3 Å². The molecule has 0 aliphatic carbocycles. The Morgan fingerprint density at radius 3 is 2.14 bits per heavy atom. The first-order valence-electron chi connectivity index (χ1n) is 7.30. The van der Waals surface area contributed by atoms with Crippen LogP contribution < -0.4 is 9.47 Å². The predicted octanol–water partition coefficient (Wildman–Crippen LogP) is 4.88. The number of halogens is 1. The number of hydrogen-bond acceptors (Lipinski definition) is 2. The summed E-state index contributed by atoms with van der Waals surface area (Å²) in [4.78, 5) is 0. The highest BCUT2D eigenvalue weighted by molar-refractivity contribution is 6.18. The van der Waals surface area contributed by atoms with Gasteiger partial charge in [0.1, 0.15) is 0 Å². The maximum atomic E-state index is 6.08. The van der Waals surface area contributed by atoms with Gasteiger partial charge in [-0.15, -0.1) is 11.6 Å². The second-order valence-corrected chi connectivity index (χ2v) is 5.09. The molecular formula is C18H21ClO2. The molecule has 2 aromatic carbocycles. The van der Waals surface area contributed by atoms with Gasteiger partial charge in [-0.3, -0.25) is 0 Å². The van der Waals surface area contributed by atoms with Gasteiger partial charge in [0.2, 0.25) is 0 Å². The van der Waals surface area contributed by atoms with Crippen LogP contribution in [0.2, 0.25) is 0 Å². The first kappa shape index (κ1) is 15.7. The zero-order chi connectivity index (χ0) is 14.9. The molecular weight excluding hydrogens is 284 g/mol. The smallest absolute Gasteiger partial charge is 0.161 e. The van der Waals surface area contributed by atoms with Crippen molar-refractivity contribution in [3.8, 4) is 11.5 Å². The molecule has 0 N–H and O–H groups in total. The van der Waals surface area contributed by atoms with Gasteiger partial charge < -0.3 is 9.47 Å². The fraction of sp³-hybridized carbons (Fsp3) is 0.333. The Bertz CT molecular complexity index is 528. The highest BCUT2D eigenvalue weighted by atomic mass is 35.5. The number of ether oxygens (including phenoxy) is 2. The van der Waals surface area contributed by atoms with Crippen molar-refractivity contribution in [3.05, 3.63) is 60.2 Å². The molecule has 0 fully saturated rings. The number of para-hydroxylation sites is 2. The van der Waals surface area contributed by atoms with E-state index in [0.717, 1.165) is 17.9 Å². The second-order valence-electron chi connectivity index (χ2n) is 4.78. The van der Waals surface area contributed by atoms with E-state index < -0.39 is 0 Å². The normalized spacial score (nSPS) is 11.9. The molecule has 0 amide bonds. The van der Waals surface area contributed by atoms with Crippen LogP contribution in [0.25, 0.3) is 0 Å². The first-order valence-corrected chi connectivity index (χ1v) is 7.84. The van der Waals surface area contributed by atoms with E-state index in [4.69, 9.17) is 21.1 Å². The number of hydrogen-bond donors (Lipinski definition) is 0. The summed E-state index contributed by atoms with van der Waals surface area (Å²) >= 11 is 6.08. The van der Waals surface area contributed by atoms with Gasteiger partial charge in [0, 0.05) is 11.8 Å². The van der Waals surface area contributed by atoms with Gasteiger partial charge in [-0.05, 0) is 31.0 Å². The molecule has 0 heterocycles. The van der Waals surface area contributed by atoms with Gasteiger partial charge in [0.05, 0.1) is 13.2 Å². The molecule has 1 atom stereocenters. The lowest BCUT2D eigenvalue weighted by Crippen LogP contribution is -2.08. The Morgan fingerprint density at radius 2 is 1.52 bits per heavy atom.